The van der Waals surface area contributed by atoms with Crippen molar-refractivity contribution in [3.8, 4) is 5.75 Å². The fourth-order valence-electron chi connectivity index (χ4n) is 2.62. The van der Waals surface area contributed by atoms with Gasteiger partial charge in [0.1, 0.15) is 5.75 Å². The number of ether oxygens (including phenoxy) is 1. The van der Waals surface area contributed by atoms with Crippen molar-refractivity contribution in [1.29, 1.82) is 0 Å². The lowest BCUT2D eigenvalue weighted by Gasteiger charge is -2.25. The highest BCUT2D eigenvalue weighted by molar-refractivity contribution is 7.10. The van der Waals surface area contributed by atoms with Crippen LogP contribution in [0.3, 0.4) is 0 Å². The zero-order valence-corrected chi connectivity index (χ0v) is 15.2. The van der Waals surface area contributed by atoms with E-state index in [1.807, 2.05) is 39.2 Å². The van der Waals surface area contributed by atoms with Crippen LogP contribution in [0.2, 0.25) is 0 Å². The number of nitrogens with one attached hydrogen (secondary N) is 1. The second kappa shape index (κ2) is 7.62. The average molecular weight is 332 g/mol. The van der Waals surface area contributed by atoms with Gasteiger partial charge in [-0.05, 0) is 56.6 Å². The van der Waals surface area contributed by atoms with Crippen molar-refractivity contribution in [2.45, 2.75) is 19.9 Å². The molecule has 5 heteroatoms. The zero-order chi connectivity index (χ0) is 17.0. The Bertz CT molecular complexity index is 679. The molecule has 0 saturated carbocycles. The molecule has 0 spiro atoms. The van der Waals surface area contributed by atoms with E-state index >= 15 is 0 Å². The van der Waals surface area contributed by atoms with Crippen molar-refractivity contribution < 1.29 is 9.53 Å². The Balaban J connectivity index is 2.16. The number of carbonyl (C=O) groups is 1. The zero-order valence-electron chi connectivity index (χ0n) is 14.3. The lowest BCUT2D eigenvalue weighted by Crippen LogP contribution is -2.34. The molecule has 2 aromatic rings. The van der Waals surface area contributed by atoms with Crippen molar-refractivity contribution in [2.24, 2.45) is 0 Å². The highest BCUT2D eigenvalue weighted by Crippen LogP contribution is 2.27. The summed E-state index contributed by atoms with van der Waals surface area (Å²) in [4.78, 5) is 16.0. The monoisotopic (exact) mass is 332 g/mol. The van der Waals surface area contributed by atoms with Crippen LogP contribution in [-0.2, 0) is 0 Å². The van der Waals surface area contributed by atoms with Crippen LogP contribution in [0.25, 0.3) is 0 Å². The number of amides is 1. The van der Waals surface area contributed by atoms with Crippen LogP contribution >= 0.6 is 11.3 Å². The molecule has 0 saturated heterocycles. The first kappa shape index (κ1) is 17.5. The van der Waals surface area contributed by atoms with Gasteiger partial charge in [0.25, 0.3) is 5.91 Å². The number of benzene rings is 1. The summed E-state index contributed by atoms with van der Waals surface area (Å²) in [7, 11) is 5.65. The Hall–Kier alpha value is -1.85. The fraction of sp³-hybridized carbons (Fsp3) is 0.389. The van der Waals surface area contributed by atoms with Crippen molar-refractivity contribution in [1.82, 2.24) is 10.2 Å². The van der Waals surface area contributed by atoms with Crippen molar-refractivity contribution >= 4 is 17.2 Å². The molecular formula is C18H24N2O2S. The summed E-state index contributed by atoms with van der Waals surface area (Å²) in [6, 6.07) is 7.90. The van der Waals surface area contributed by atoms with E-state index in [-0.39, 0.29) is 11.9 Å². The number of hydrogen-bond acceptors (Lipinski definition) is 4. The first-order valence-electron chi connectivity index (χ1n) is 7.58. The summed E-state index contributed by atoms with van der Waals surface area (Å²) in [5.74, 6) is 0.511. The number of hydrogen-bond donors (Lipinski definition) is 1. The molecule has 0 aliphatic rings. The second-order valence-electron chi connectivity index (χ2n) is 5.81. The lowest BCUT2D eigenvalue weighted by molar-refractivity contribution is 0.0938. The SMILES string of the molecule is COc1cccc(C)c1C(=O)NCC(c1sccc1C)N(C)C. The van der Waals surface area contributed by atoms with Crippen LogP contribution in [-0.4, -0.2) is 38.6 Å². The molecule has 1 unspecified atom stereocenters. The molecular weight excluding hydrogens is 308 g/mol. The predicted molar refractivity (Wildman–Crippen MR) is 95.5 cm³/mol. The molecule has 1 heterocycles. The summed E-state index contributed by atoms with van der Waals surface area (Å²) >= 11 is 1.73. The van der Waals surface area contributed by atoms with E-state index in [9.17, 15) is 4.79 Å². The number of thiophene rings is 1. The standard InChI is InChI=1S/C18H24N2O2S/c1-12-7-6-8-15(22-5)16(12)18(21)19-11-14(20(3)4)17-13(2)9-10-23-17/h6-10,14H,11H2,1-5H3,(H,19,21). The minimum absolute atomic E-state index is 0.0963. The molecule has 1 aromatic carbocycles. The van der Waals surface area contributed by atoms with Crippen LogP contribution < -0.4 is 10.1 Å². The van der Waals surface area contributed by atoms with Gasteiger partial charge in [-0.3, -0.25) is 4.79 Å². The van der Waals surface area contributed by atoms with E-state index in [4.69, 9.17) is 4.74 Å². The van der Waals surface area contributed by atoms with Gasteiger partial charge in [0, 0.05) is 11.4 Å². The summed E-state index contributed by atoms with van der Waals surface area (Å²) in [6.45, 7) is 4.59. The smallest absolute Gasteiger partial charge is 0.255 e. The largest absolute Gasteiger partial charge is 0.496 e. The van der Waals surface area contributed by atoms with Crippen LogP contribution in [0.5, 0.6) is 5.75 Å². The molecule has 0 radical (unpaired) electrons. The minimum atomic E-state index is -0.0963. The van der Waals surface area contributed by atoms with E-state index in [1.54, 1.807) is 18.4 Å². The van der Waals surface area contributed by atoms with E-state index < -0.39 is 0 Å². The number of rotatable bonds is 6. The highest BCUT2D eigenvalue weighted by atomic mass is 32.1. The first-order valence-corrected chi connectivity index (χ1v) is 8.46. The summed E-state index contributed by atoms with van der Waals surface area (Å²) in [5.41, 5.74) is 2.78. The molecule has 1 aromatic heterocycles. The summed E-state index contributed by atoms with van der Waals surface area (Å²) in [5, 5.41) is 5.15. The van der Waals surface area contributed by atoms with Crippen LogP contribution in [0.4, 0.5) is 0 Å². The third-order valence-electron chi connectivity index (χ3n) is 3.97. The van der Waals surface area contributed by atoms with Crippen LogP contribution in [0.15, 0.2) is 29.6 Å². The maximum absolute atomic E-state index is 12.6. The third kappa shape index (κ3) is 3.92. The van der Waals surface area contributed by atoms with Crippen LogP contribution in [0.1, 0.15) is 32.4 Å². The molecule has 1 atom stereocenters. The predicted octanol–water partition coefficient (Wildman–Crippen LogP) is 3.41. The fourth-order valence-corrected chi connectivity index (χ4v) is 3.74. The molecule has 0 fully saturated rings. The number of methoxy groups -OCH3 is 1. The third-order valence-corrected chi connectivity index (χ3v) is 5.09. The molecule has 2 rings (SSSR count). The molecule has 0 aliphatic carbocycles. The van der Waals surface area contributed by atoms with Crippen LogP contribution in [0, 0.1) is 13.8 Å². The topological polar surface area (TPSA) is 41.6 Å². The lowest BCUT2D eigenvalue weighted by atomic mass is 10.1. The minimum Gasteiger partial charge on any atom is -0.496 e. The van der Waals surface area contributed by atoms with Gasteiger partial charge in [-0.1, -0.05) is 12.1 Å². The molecule has 1 amide bonds. The second-order valence-corrected chi connectivity index (χ2v) is 6.76. The van der Waals surface area contributed by atoms with E-state index in [1.165, 1.54) is 10.4 Å². The summed E-state index contributed by atoms with van der Waals surface area (Å²) < 4.78 is 5.32. The molecule has 1 N–H and O–H groups in total. The number of carbonyl (C=O) groups excluding carboxylic acids is 1. The molecule has 0 bridgehead atoms. The van der Waals surface area contributed by atoms with Gasteiger partial charge < -0.3 is 15.0 Å². The maximum Gasteiger partial charge on any atom is 0.255 e. The van der Waals surface area contributed by atoms with Crippen molar-refractivity contribution in [2.75, 3.05) is 27.7 Å². The molecule has 0 aliphatic heterocycles. The van der Waals surface area contributed by atoms with E-state index in [2.05, 4.69) is 28.6 Å². The Morgan fingerprint density at radius 1 is 1.26 bits per heavy atom. The Kier molecular flexibility index (Phi) is 5.80. The first-order chi connectivity index (χ1) is 11.0. The van der Waals surface area contributed by atoms with Gasteiger partial charge in [-0.15, -0.1) is 11.3 Å². The Morgan fingerprint density at radius 3 is 2.57 bits per heavy atom. The van der Waals surface area contributed by atoms with Crippen molar-refractivity contribution in [3.63, 3.8) is 0 Å². The molecule has 4 nitrogen and oxygen atoms in total. The van der Waals surface area contributed by atoms with Gasteiger partial charge in [0.15, 0.2) is 0 Å². The number of nitrogens with zero attached hydrogens (tertiary/aromatic N) is 1. The molecule has 23 heavy (non-hydrogen) atoms. The van der Waals surface area contributed by atoms with E-state index in [0.29, 0.717) is 17.9 Å². The van der Waals surface area contributed by atoms with Gasteiger partial charge in [-0.2, -0.15) is 0 Å². The Morgan fingerprint density at radius 2 is 2.00 bits per heavy atom. The molecule has 124 valence electrons. The maximum atomic E-state index is 12.6. The Labute approximate surface area is 142 Å². The normalized spacial score (nSPS) is 12.3. The summed E-state index contributed by atoms with van der Waals surface area (Å²) in [6.07, 6.45) is 0. The van der Waals surface area contributed by atoms with Crippen molar-refractivity contribution in [3.05, 3.63) is 51.2 Å². The number of aryl methyl sites for hydroxylation is 2. The van der Waals surface area contributed by atoms with Gasteiger partial charge >= 0.3 is 0 Å². The number of likely N-dealkylation sites (N-methyl/N-ethyl adjacent to an activating group) is 1. The average Bonchev–Trinajstić information content (AvgIpc) is 2.92. The van der Waals surface area contributed by atoms with Gasteiger partial charge in [0.2, 0.25) is 0 Å². The van der Waals surface area contributed by atoms with Gasteiger partial charge in [-0.25, -0.2) is 0 Å². The quantitative estimate of drug-likeness (QED) is 0.881. The highest BCUT2D eigenvalue weighted by Gasteiger charge is 2.20. The van der Waals surface area contributed by atoms with E-state index in [0.717, 1.165) is 5.56 Å². The van der Waals surface area contributed by atoms with Gasteiger partial charge in [0.05, 0.1) is 18.7 Å².